The van der Waals surface area contributed by atoms with Gasteiger partial charge in [0.1, 0.15) is 0 Å². The quantitative estimate of drug-likeness (QED) is 0.639. The van der Waals surface area contributed by atoms with Crippen molar-refractivity contribution in [3.63, 3.8) is 0 Å². The molecule has 1 unspecified atom stereocenters. The van der Waals surface area contributed by atoms with E-state index in [1.165, 1.54) is 7.11 Å². The van der Waals surface area contributed by atoms with Crippen LogP contribution in [0.4, 0.5) is 5.69 Å². The number of hydrogen-bond donors (Lipinski definition) is 3. The summed E-state index contributed by atoms with van der Waals surface area (Å²) in [7, 11) is -2.13. The minimum absolute atomic E-state index is 0.149. The molecule has 4 N–H and O–H groups in total. The Morgan fingerprint density at radius 3 is 2.40 bits per heavy atom. The summed E-state index contributed by atoms with van der Waals surface area (Å²) in [6.07, 6.45) is -0.392. The zero-order valence-electron chi connectivity index (χ0n) is 12.0. The average Bonchev–Trinajstić information content (AvgIpc) is 2.26. The third-order valence-electron chi connectivity index (χ3n) is 2.88. The summed E-state index contributed by atoms with van der Waals surface area (Å²) in [5.74, 6) is 0. The second kappa shape index (κ2) is 7.03. The van der Waals surface area contributed by atoms with Crippen LogP contribution in [0.2, 0.25) is 0 Å². The van der Waals surface area contributed by atoms with Gasteiger partial charge in [-0.05, 0) is 43.5 Å². The van der Waals surface area contributed by atoms with Gasteiger partial charge in [-0.15, -0.1) is 0 Å². The molecule has 1 aromatic carbocycles. The number of sulfonamides is 1. The van der Waals surface area contributed by atoms with Gasteiger partial charge in [-0.2, -0.15) is 0 Å². The number of hydrogen-bond acceptors (Lipinski definition) is 5. The fraction of sp³-hybridized carbons (Fsp3) is 0.538. The zero-order chi connectivity index (χ0) is 15.3. The number of ether oxygens (including phenoxy) is 1. The lowest BCUT2D eigenvalue weighted by molar-refractivity contribution is 0.0603. The van der Waals surface area contributed by atoms with Crippen LogP contribution in [-0.2, 0) is 14.8 Å². The van der Waals surface area contributed by atoms with Crippen LogP contribution in [0, 0.1) is 13.8 Å². The average molecular weight is 302 g/mol. The maximum absolute atomic E-state index is 12.3. The number of aryl methyl sites for hydroxylation is 2. The smallest absolute Gasteiger partial charge is 0.241 e. The first kappa shape index (κ1) is 16.9. The highest BCUT2D eigenvalue weighted by atomic mass is 32.2. The number of nitrogens with one attached hydrogen (secondary N) is 1. The Morgan fingerprint density at radius 1 is 1.35 bits per heavy atom. The largest absolute Gasteiger partial charge is 0.399 e. The normalized spacial score (nSPS) is 13.4. The van der Waals surface area contributed by atoms with Crippen LogP contribution in [0.1, 0.15) is 17.5 Å². The number of benzene rings is 1. The van der Waals surface area contributed by atoms with Crippen molar-refractivity contribution in [3.05, 3.63) is 23.3 Å². The molecule has 0 aliphatic rings. The van der Waals surface area contributed by atoms with Crippen LogP contribution in [-0.4, -0.2) is 39.9 Å². The first-order valence-electron chi connectivity index (χ1n) is 6.31. The Hall–Kier alpha value is -1.15. The molecule has 1 atom stereocenters. The Labute approximate surface area is 120 Å². The van der Waals surface area contributed by atoms with Gasteiger partial charge in [0.2, 0.25) is 10.0 Å². The van der Waals surface area contributed by atoms with Gasteiger partial charge in [0, 0.05) is 19.3 Å². The van der Waals surface area contributed by atoms with Crippen LogP contribution in [0.3, 0.4) is 0 Å². The molecule has 1 aromatic rings. The monoisotopic (exact) mass is 302 g/mol. The summed E-state index contributed by atoms with van der Waals surface area (Å²) in [5, 5.41) is 9.49. The van der Waals surface area contributed by atoms with Crippen LogP contribution in [0.5, 0.6) is 0 Å². The van der Waals surface area contributed by atoms with E-state index in [0.29, 0.717) is 23.2 Å². The number of anilines is 1. The SMILES string of the molecule is COCC(O)CCNS(=O)(=O)c1c(C)cc(N)cc1C. The zero-order valence-corrected chi connectivity index (χ0v) is 12.8. The molecule has 6 nitrogen and oxygen atoms in total. The molecule has 0 spiro atoms. The summed E-state index contributed by atoms with van der Waals surface area (Å²) in [6.45, 7) is 3.74. The highest BCUT2D eigenvalue weighted by molar-refractivity contribution is 7.89. The van der Waals surface area contributed by atoms with Crippen LogP contribution < -0.4 is 10.5 Å². The number of aliphatic hydroxyl groups is 1. The van der Waals surface area contributed by atoms with E-state index in [1.807, 2.05) is 0 Å². The molecule has 7 heteroatoms. The summed E-state index contributed by atoms with van der Waals surface area (Å²) < 4.78 is 31.8. The fourth-order valence-electron chi connectivity index (χ4n) is 2.12. The Kier molecular flexibility index (Phi) is 5.94. The first-order valence-corrected chi connectivity index (χ1v) is 7.79. The second-order valence-corrected chi connectivity index (χ2v) is 6.48. The molecule has 0 saturated heterocycles. The molecule has 0 saturated carbocycles. The van der Waals surface area contributed by atoms with Crippen LogP contribution in [0.25, 0.3) is 0 Å². The molecule has 1 rings (SSSR count). The van der Waals surface area contributed by atoms with Gasteiger partial charge in [0.15, 0.2) is 0 Å². The van der Waals surface area contributed by atoms with E-state index in [9.17, 15) is 13.5 Å². The van der Waals surface area contributed by atoms with Crippen molar-refractivity contribution in [1.29, 1.82) is 0 Å². The Balaban J connectivity index is 2.80. The van der Waals surface area contributed by atoms with E-state index in [-0.39, 0.29) is 18.0 Å². The highest BCUT2D eigenvalue weighted by Gasteiger charge is 2.19. The predicted octanol–water partition coefficient (Wildman–Crippen LogP) is 0.561. The van der Waals surface area contributed by atoms with E-state index in [0.717, 1.165) is 0 Å². The maximum Gasteiger partial charge on any atom is 0.241 e. The molecule has 0 heterocycles. The van der Waals surface area contributed by atoms with E-state index in [4.69, 9.17) is 10.5 Å². The first-order chi connectivity index (χ1) is 9.27. The van der Waals surface area contributed by atoms with Crippen molar-refractivity contribution < 1.29 is 18.3 Å². The van der Waals surface area contributed by atoms with Gasteiger partial charge in [0.25, 0.3) is 0 Å². The van der Waals surface area contributed by atoms with Crippen molar-refractivity contribution in [1.82, 2.24) is 4.72 Å². The third kappa shape index (κ3) is 4.45. The second-order valence-electron chi connectivity index (χ2n) is 4.78. The summed E-state index contributed by atoms with van der Waals surface area (Å²) >= 11 is 0. The van der Waals surface area contributed by atoms with Crippen molar-refractivity contribution in [2.24, 2.45) is 0 Å². The molecule has 0 aliphatic carbocycles. The number of nitrogens with two attached hydrogens (primary N) is 1. The predicted molar refractivity (Wildman–Crippen MR) is 78.0 cm³/mol. The molecule has 0 bridgehead atoms. The van der Waals surface area contributed by atoms with E-state index in [1.54, 1.807) is 26.0 Å². The standard InChI is InChI=1S/C13H22N2O4S/c1-9-6-11(14)7-10(2)13(9)20(17,18)15-5-4-12(16)8-19-3/h6-7,12,15-16H,4-5,8,14H2,1-3H3. The van der Waals surface area contributed by atoms with Gasteiger partial charge in [-0.25, -0.2) is 13.1 Å². The van der Waals surface area contributed by atoms with Crippen LogP contribution in [0.15, 0.2) is 17.0 Å². The molecular weight excluding hydrogens is 280 g/mol. The molecule has 0 aliphatic heterocycles. The Bertz CT molecular complexity index is 534. The lowest BCUT2D eigenvalue weighted by Crippen LogP contribution is -2.29. The lowest BCUT2D eigenvalue weighted by atomic mass is 10.1. The molecular formula is C13H22N2O4S. The van der Waals surface area contributed by atoms with Crippen molar-refractivity contribution in [2.75, 3.05) is 26.0 Å². The summed E-state index contributed by atoms with van der Waals surface area (Å²) in [6, 6.07) is 3.25. The maximum atomic E-state index is 12.3. The number of nitrogen functional groups attached to an aromatic ring is 1. The van der Waals surface area contributed by atoms with Gasteiger partial charge in [0.05, 0.1) is 17.6 Å². The lowest BCUT2D eigenvalue weighted by Gasteiger charge is -2.14. The molecule has 0 fully saturated rings. The topological polar surface area (TPSA) is 102 Å². The number of aliphatic hydroxyl groups excluding tert-OH is 1. The van der Waals surface area contributed by atoms with Gasteiger partial charge in [-0.1, -0.05) is 0 Å². The Morgan fingerprint density at radius 2 is 1.90 bits per heavy atom. The summed E-state index contributed by atoms with van der Waals surface area (Å²) in [4.78, 5) is 0.243. The van der Waals surface area contributed by atoms with Gasteiger partial charge >= 0.3 is 0 Å². The van der Waals surface area contributed by atoms with Crippen LogP contribution >= 0.6 is 0 Å². The van der Waals surface area contributed by atoms with E-state index in [2.05, 4.69) is 4.72 Å². The number of methoxy groups -OCH3 is 1. The van der Waals surface area contributed by atoms with Crippen molar-refractivity contribution >= 4 is 15.7 Å². The van der Waals surface area contributed by atoms with Crippen molar-refractivity contribution in [3.8, 4) is 0 Å². The third-order valence-corrected chi connectivity index (χ3v) is 4.65. The molecule has 20 heavy (non-hydrogen) atoms. The molecule has 0 radical (unpaired) electrons. The minimum atomic E-state index is -3.61. The minimum Gasteiger partial charge on any atom is -0.399 e. The van der Waals surface area contributed by atoms with Gasteiger partial charge < -0.3 is 15.6 Å². The molecule has 114 valence electrons. The fourth-order valence-corrected chi connectivity index (χ4v) is 3.61. The van der Waals surface area contributed by atoms with Crippen molar-refractivity contribution in [2.45, 2.75) is 31.3 Å². The van der Waals surface area contributed by atoms with Gasteiger partial charge in [-0.3, -0.25) is 0 Å². The molecule has 0 aromatic heterocycles. The summed E-state index contributed by atoms with van der Waals surface area (Å²) in [5.41, 5.74) is 7.43. The van der Waals surface area contributed by atoms with E-state index >= 15 is 0 Å². The highest BCUT2D eigenvalue weighted by Crippen LogP contribution is 2.22. The number of rotatable bonds is 7. The molecule has 0 amide bonds. The van der Waals surface area contributed by atoms with E-state index < -0.39 is 16.1 Å².